The molecule has 1 aromatic rings. The van der Waals surface area contributed by atoms with Crippen LogP contribution in [0.4, 0.5) is 4.79 Å². The van der Waals surface area contributed by atoms with E-state index in [1.54, 1.807) is 16.2 Å². The lowest BCUT2D eigenvalue weighted by Gasteiger charge is -2.32. The highest BCUT2D eigenvalue weighted by atomic mass is 79.9. The molecule has 0 radical (unpaired) electrons. The second-order valence-electron chi connectivity index (χ2n) is 5.55. The summed E-state index contributed by atoms with van der Waals surface area (Å²) in [5.74, 6) is 0.897. The second kappa shape index (κ2) is 7.33. The third-order valence-corrected chi connectivity index (χ3v) is 6.56. The number of halogens is 1. The Kier molecular flexibility index (Phi) is 5.43. The highest BCUT2D eigenvalue weighted by molar-refractivity contribution is 9.11. The molecule has 0 aliphatic carbocycles. The van der Waals surface area contributed by atoms with Crippen molar-refractivity contribution in [3.8, 4) is 0 Å². The number of nitrogens with one attached hydrogen (secondary N) is 1. The lowest BCUT2D eigenvalue weighted by molar-refractivity contribution is -0.917. The standard InChI is InChI=1S/C14H18BrN3O2S2/c15-12-2-1-11(22-12)9-16-3-5-17(6-4-16)13(19)10-18-7-8-21-14(18)20/h1-2H,3-10H2/p+1. The molecule has 1 N–H and O–H groups in total. The van der Waals surface area contributed by atoms with Crippen LogP contribution in [0.2, 0.25) is 0 Å². The Bertz CT molecular complexity index is 558. The molecular weight excluding hydrogens is 386 g/mol. The summed E-state index contributed by atoms with van der Waals surface area (Å²) in [6.45, 7) is 5.51. The molecule has 0 unspecified atom stereocenters. The van der Waals surface area contributed by atoms with E-state index < -0.39 is 0 Å². The van der Waals surface area contributed by atoms with Crippen LogP contribution in [0.1, 0.15) is 4.88 Å². The van der Waals surface area contributed by atoms with E-state index in [4.69, 9.17) is 0 Å². The minimum Gasteiger partial charge on any atom is -0.330 e. The predicted molar refractivity (Wildman–Crippen MR) is 92.4 cm³/mol. The maximum absolute atomic E-state index is 12.3. The van der Waals surface area contributed by atoms with Crippen LogP contribution in [0.15, 0.2) is 15.9 Å². The van der Waals surface area contributed by atoms with Crippen LogP contribution < -0.4 is 4.90 Å². The molecule has 0 atom stereocenters. The molecular formula is C14H19BrN3O2S2+. The Morgan fingerprint density at radius 3 is 2.64 bits per heavy atom. The number of nitrogens with zero attached hydrogens (tertiary/aromatic N) is 2. The van der Waals surface area contributed by atoms with Gasteiger partial charge in [0.2, 0.25) is 5.91 Å². The first-order chi connectivity index (χ1) is 10.6. The minimum absolute atomic E-state index is 0.0425. The first-order valence-electron chi connectivity index (χ1n) is 7.39. The SMILES string of the molecule is O=C(CN1CCSC1=O)N1CC[NH+](Cc2ccc(Br)s2)CC1. The molecule has 5 nitrogen and oxygen atoms in total. The van der Waals surface area contributed by atoms with Gasteiger partial charge in [-0.05, 0) is 28.1 Å². The summed E-state index contributed by atoms with van der Waals surface area (Å²) in [5, 5.41) is 0.0425. The molecule has 0 aromatic carbocycles. The molecule has 0 saturated carbocycles. The third-order valence-electron chi connectivity index (χ3n) is 4.05. The van der Waals surface area contributed by atoms with Gasteiger partial charge in [0.05, 0.1) is 34.8 Å². The van der Waals surface area contributed by atoms with Crippen molar-refractivity contribution in [2.45, 2.75) is 6.54 Å². The zero-order chi connectivity index (χ0) is 15.5. The number of amides is 2. The molecule has 8 heteroatoms. The zero-order valence-electron chi connectivity index (χ0n) is 12.2. The Labute approximate surface area is 146 Å². The fraction of sp³-hybridized carbons (Fsp3) is 0.571. The lowest BCUT2D eigenvalue weighted by atomic mass is 10.3. The Morgan fingerprint density at radius 1 is 1.27 bits per heavy atom. The molecule has 2 aliphatic rings. The van der Waals surface area contributed by atoms with Crippen molar-refractivity contribution in [2.75, 3.05) is 45.0 Å². The number of quaternary nitrogens is 1. The van der Waals surface area contributed by atoms with E-state index in [0.29, 0.717) is 6.54 Å². The van der Waals surface area contributed by atoms with Crippen LogP contribution in [0.25, 0.3) is 0 Å². The quantitative estimate of drug-likeness (QED) is 0.810. The molecule has 3 rings (SSSR count). The molecule has 22 heavy (non-hydrogen) atoms. The highest BCUT2D eigenvalue weighted by Crippen LogP contribution is 2.21. The average Bonchev–Trinajstić information content (AvgIpc) is 3.09. The minimum atomic E-state index is 0.0425. The van der Waals surface area contributed by atoms with E-state index in [1.807, 2.05) is 4.90 Å². The maximum atomic E-state index is 12.3. The van der Waals surface area contributed by atoms with Gasteiger partial charge in [-0.25, -0.2) is 0 Å². The summed E-state index contributed by atoms with van der Waals surface area (Å²) >= 11 is 6.58. The number of hydrogen-bond donors (Lipinski definition) is 1. The van der Waals surface area contributed by atoms with Crippen molar-refractivity contribution in [3.05, 3.63) is 20.8 Å². The number of carbonyl (C=O) groups is 2. The van der Waals surface area contributed by atoms with Gasteiger partial charge < -0.3 is 14.7 Å². The zero-order valence-corrected chi connectivity index (χ0v) is 15.4. The smallest absolute Gasteiger partial charge is 0.282 e. The van der Waals surface area contributed by atoms with Crippen molar-refractivity contribution in [1.29, 1.82) is 0 Å². The van der Waals surface area contributed by atoms with Gasteiger partial charge in [0.25, 0.3) is 5.24 Å². The molecule has 2 saturated heterocycles. The van der Waals surface area contributed by atoms with Crippen LogP contribution in [0, 0.1) is 0 Å². The normalized spacial score (nSPS) is 20.0. The van der Waals surface area contributed by atoms with Crippen LogP contribution >= 0.6 is 39.0 Å². The summed E-state index contributed by atoms with van der Waals surface area (Å²) in [7, 11) is 0. The van der Waals surface area contributed by atoms with Crippen molar-refractivity contribution in [1.82, 2.24) is 9.80 Å². The van der Waals surface area contributed by atoms with Gasteiger partial charge in [-0.15, -0.1) is 11.3 Å². The molecule has 2 amide bonds. The largest absolute Gasteiger partial charge is 0.330 e. The summed E-state index contributed by atoms with van der Waals surface area (Å²) in [6.07, 6.45) is 0. The highest BCUT2D eigenvalue weighted by Gasteiger charge is 2.28. The van der Waals surface area contributed by atoms with Gasteiger partial charge in [0, 0.05) is 12.3 Å². The number of rotatable bonds is 4. The molecule has 0 bridgehead atoms. The van der Waals surface area contributed by atoms with Crippen molar-refractivity contribution < 1.29 is 14.5 Å². The number of thioether (sulfide) groups is 1. The fourth-order valence-electron chi connectivity index (χ4n) is 2.77. The van der Waals surface area contributed by atoms with Gasteiger partial charge >= 0.3 is 0 Å². The monoisotopic (exact) mass is 404 g/mol. The first-order valence-corrected chi connectivity index (χ1v) is 9.98. The van der Waals surface area contributed by atoms with E-state index in [1.165, 1.54) is 25.3 Å². The molecule has 3 heterocycles. The van der Waals surface area contributed by atoms with Crippen LogP contribution in [-0.4, -0.2) is 66.0 Å². The van der Waals surface area contributed by atoms with Crippen molar-refractivity contribution in [3.63, 3.8) is 0 Å². The molecule has 2 fully saturated rings. The van der Waals surface area contributed by atoms with E-state index in [9.17, 15) is 9.59 Å². The van der Waals surface area contributed by atoms with E-state index >= 15 is 0 Å². The Balaban J connectivity index is 1.44. The summed E-state index contributed by atoms with van der Waals surface area (Å²) in [6, 6.07) is 4.25. The third kappa shape index (κ3) is 4.04. The topological polar surface area (TPSA) is 45.1 Å². The van der Waals surface area contributed by atoms with Crippen LogP contribution in [-0.2, 0) is 11.3 Å². The lowest BCUT2D eigenvalue weighted by Crippen LogP contribution is -3.13. The van der Waals surface area contributed by atoms with E-state index in [0.717, 1.165) is 38.5 Å². The van der Waals surface area contributed by atoms with Gasteiger partial charge in [-0.1, -0.05) is 11.8 Å². The molecule has 0 spiro atoms. The Morgan fingerprint density at radius 2 is 2.05 bits per heavy atom. The van der Waals surface area contributed by atoms with E-state index in [2.05, 4.69) is 28.1 Å². The van der Waals surface area contributed by atoms with Gasteiger partial charge in [-0.2, -0.15) is 0 Å². The average molecular weight is 405 g/mol. The van der Waals surface area contributed by atoms with Crippen LogP contribution in [0.5, 0.6) is 0 Å². The number of piperazine rings is 1. The second-order valence-corrected chi connectivity index (χ2v) is 9.14. The fourth-order valence-corrected chi connectivity index (χ4v) is 5.15. The van der Waals surface area contributed by atoms with E-state index in [-0.39, 0.29) is 17.7 Å². The molecule has 1 aromatic heterocycles. The predicted octanol–water partition coefficient (Wildman–Crippen LogP) is 0.907. The number of hydrogen-bond acceptors (Lipinski definition) is 4. The maximum Gasteiger partial charge on any atom is 0.282 e. The summed E-state index contributed by atoms with van der Waals surface area (Å²) in [5.41, 5.74) is 0. The van der Waals surface area contributed by atoms with Crippen molar-refractivity contribution in [2.24, 2.45) is 0 Å². The summed E-state index contributed by atoms with van der Waals surface area (Å²) in [4.78, 5) is 30.3. The number of thiophene rings is 1. The first kappa shape index (κ1) is 16.3. The Hall–Kier alpha value is -0.570. The summed E-state index contributed by atoms with van der Waals surface area (Å²) < 4.78 is 1.17. The van der Waals surface area contributed by atoms with Crippen molar-refractivity contribution >= 4 is 50.2 Å². The molecule has 120 valence electrons. The van der Waals surface area contributed by atoms with Gasteiger partial charge in [0.1, 0.15) is 13.1 Å². The van der Waals surface area contributed by atoms with Gasteiger partial charge in [-0.3, -0.25) is 9.59 Å². The molecule has 2 aliphatic heterocycles. The van der Waals surface area contributed by atoms with Gasteiger partial charge in [0.15, 0.2) is 0 Å². The van der Waals surface area contributed by atoms with Crippen LogP contribution in [0.3, 0.4) is 0 Å². The number of carbonyl (C=O) groups excluding carboxylic acids is 2.